The highest BCUT2D eigenvalue weighted by Crippen LogP contribution is 2.38. The van der Waals surface area contributed by atoms with Gasteiger partial charge in [-0.3, -0.25) is 9.59 Å². The van der Waals surface area contributed by atoms with Crippen molar-refractivity contribution >= 4 is 23.2 Å². The van der Waals surface area contributed by atoms with Gasteiger partial charge in [-0.15, -0.1) is 0 Å². The third kappa shape index (κ3) is 6.35. The molecule has 40 heavy (non-hydrogen) atoms. The number of esters is 1. The molecule has 6 nitrogen and oxygen atoms in total. The zero-order valence-electron chi connectivity index (χ0n) is 22.1. The number of benzene rings is 2. The molecule has 1 saturated carbocycles. The van der Waals surface area contributed by atoms with Crippen molar-refractivity contribution in [3.63, 3.8) is 0 Å². The van der Waals surface area contributed by atoms with Gasteiger partial charge in [0, 0.05) is 24.5 Å². The molecule has 2 heterocycles. The predicted molar refractivity (Wildman–Crippen MR) is 146 cm³/mol. The summed E-state index contributed by atoms with van der Waals surface area (Å²) < 4.78 is 45.2. The molecule has 0 bridgehead atoms. The van der Waals surface area contributed by atoms with E-state index in [1.54, 1.807) is 10.6 Å². The number of anilines is 1. The van der Waals surface area contributed by atoms with E-state index in [1.165, 1.54) is 17.7 Å². The molecular formula is C31H30F3N3O3. The molecule has 0 radical (unpaired) electrons. The number of nitrogens with one attached hydrogen (secondary N) is 1. The Morgan fingerprint density at radius 3 is 2.25 bits per heavy atom. The van der Waals surface area contributed by atoms with E-state index in [4.69, 9.17) is 4.74 Å². The normalized spacial score (nSPS) is 17.5. The topological polar surface area (TPSA) is 72.7 Å². The Morgan fingerprint density at radius 2 is 1.60 bits per heavy atom. The van der Waals surface area contributed by atoms with Crippen LogP contribution >= 0.6 is 0 Å². The summed E-state index contributed by atoms with van der Waals surface area (Å²) in [4.78, 5) is 28.8. The monoisotopic (exact) mass is 549 g/mol. The molecule has 5 rings (SSSR count). The minimum Gasteiger partial charge on any atom is -0.466 e. The molecule has 9 heteroatoms. The second-order valence-corrected chi connectivity index (χ2v) is 10.2. The summed E-state index contributed by atoms with van der Waals surface area (Å²) >= 11 is 0. The number of hydrogen-bond donors (Lipinski definition) is 1. The Balaban J connectivity index is 1.22. The van der Waals surface area contributed by atoms with Gasteiger partial charge in [-0.2, -0.15) is 13.2 Å². The van der Waals surface area contributed by atoms with E-state index in [1.807, 2.05) is 25.3 Å². The van der Waals surface area contributed by atoms with Gasteiger partial charge in [-0.1, -0.05) is 24.3 Å². The molecule has 2 aromatic heterocycles. The highest BCUT2D eigenvalue weighted by molar-refractivity contribution is 6.03. The highest BCUT2D eigenvalue weighted by atomic mass is 19.4. The van der Waals surface area contributed by atoms with E-state index in [9.17, 15) is 22.8 Å². The quantitative estimate of drug-likeness (QED) is 0.242. The second-order valence-electron chi connectivity index (χ2n) is 10.2. The van der Waals surface area contributed by atoms with Crippen molar-refractivity contribution in [2.45, 2.75) is 51.1 Å². The smallest absolute Gasteiger partial charge is 0.416 e. The molecule has 1 aliphatic rings. The lowest BCUT2D eigenvalue weighted by Crippen LogP contribution is -2.17. The SMILES string of the molecule is CCOC(=O)CC1CCC(c2ccc(-c3ccc4nc(C(=O)Nc5ccc(C(F)(F)F)cc5)cn4c3)cc2)CC1. The van der Waals surface area contributed by atoms with Crippen LogP contribution in [0.4, 0.5) is 18.9 Å². The number of carbonyl (C=O) groups excluding carboxylic acids is 2. The Kier molecular flexibility index (Phi) is 7.91. The van der Waals surface area contributed by atoms with Crippen LogP contribution in [-0.2, 0) is 15.7 Å². The van der Waals surface area contributed by atoms with Crippen LogP contribution in [0.2, 0.25) is 0 Å². The highest BCUT2D eigenvalue weighted by Gasteiger charge is 2.30. The molecule has 2 aromatic carbocycles. The number of ether oxygens (including phenoxy) is 1. The maximum atomic E-state index is 12.8. The predicted octanol–water partition coefficient (Wildman–Crippen LogP) is 7.50. The number of rotatable bonds is 7. The zero-order valence-corrected chi connectivity index (χ0v) is 22.1. The Labute approximate surface area is 230 Å². The summed E-state index contributed by atoms with van der Waals surface area (Å²) in [7, 11) is 0. The summed E-state index contributed by atoms with van der Waals surface area (Å²) in [5.74, 6) is 0.274. The summed E-state index contributed by atoms with van der Waals surface area (Å²) in [6.07, 6.45) is 3.73. The number of amides is 1. The lowest BCUT2D eigenvalue weighted by Gasteiger charge is -2.28. The van der Waals surface area contributed by atoms with Crippen molar-refractivity contribution in [2.75, 3.05) is 11.9 Å². The molecular weight excluding hydrogens is 519 g/mol. The van der Waals surface area contributed by atoms with E-state index in [0.717, 1.165) is 48.9 Å². The standard InChI is InChI=1S/C31H30F3N3O3/c1-2-40-29(38)17-20-3-5-21(6-4-20)22-7-9-23(10-8-22)24-11-16-28-36-27(19-37(28)18-24)30(39)35-26-14-12-25(13-15-26)31(32,33)34/h7-16,18-21H,2-6,17H2,1H3,(H,35,39). The summed E-state index contributed by atoms with van der Waals surface area (Å²) in [5, 5.41) is 2.59. The summed E-state index contributed by atoms with van der Waals surface area (Å²) in [6, 6.07) is 16.5. The maximum absolute atomic E-state index is 12.8. The number of carbonyl (C=O) groups is 2. The molecule has 1 N–H and O–H groups in total. The van der Waals surface area contributed by atoms with Gasteiger partial charge in [0.15, 0.2) is 0 Å². The number of pyridine rings is 1. The van der Waals surface area contributed by atoms with Crippen LogP contribution in [0.25, 0.3) is 16.8 Å². The van der Waals surface area contributed by atoms with Crippen LogP contribution in [0, 0.1) is 5.92 Å². The van der Waals surface area contributed by atoms with E-state index in [0.29, 0.717) is 30.5 Å². The Bertz CT molecular complexity index is 1490. The van der Waals surface area contributed by atoms with Gasteiger partial charge in [0.25, 0.3) is 5.91 Å². The summed E-state index contributed by atoms with van der Waals surface area (Å²) in [5.41, 5.74) is 3.50. The molecule has 4 aromatic rings. The number of imidazole rings is 1. The molecule has 208 valence electrons. The van der Waals surface area contributed by atoms with Crippen molar-refractivity contribution < 1.29 is 27.5 Å². The number of nitrogens with zero attached hydrogens (tertiary/aromatic N) is 2. The van der Waals surface area contributed by atoms with Crippen LogP contribution in [0.1, 0.15) is 66.6 Å². The molecule has 0 atom stereocenters. The minimum atomic E-state index is -4.44. The van der Waals surface area contributed by atoms with Gasteiger partial charge >= 0.3 is 12.1 Å². The van der Waals surface area contributed by atoms with Crippen molar-refractivity contribution in [2.24, 2.45) is 5.92 Å². The molecule has 0 saturated heterocycles. The van der Waals surface area contributed by atoms with Crippen molar-refractivity contribution in [3.8, 4) is 11.1 Å². The van der Waals surface area contributed by atoms with Crippen LogP contribution in [0.15, 0.2) is 73.1 Å². The largest absolute Gasteiger partial charge is 0.466 e. The fraction of sp³-hybridized carbons (Fsp3) is 0.323. The Hall–Kier alpha value is -4.14. The third-order valence-corrected chi connectivity index (χ3v) is 7.48. The van der Waals surface area contributed by atoms with Crippen LogP contribution in [-0.4, -0.2) is 27.9 Å². The van der Waals surface area contributed by atoms with Crippen molar-refractivity contribution in [3.05, 3.63) is 89.9 Å². The van der Waals surface area contributed by atoms with Crippen LogP contribution in [0.5, 0.6) is 0 Å². The number of alkyl halides is 3. The molecule has 0 aliphatic heterocycles. The first kappa shape index (κ1) is 27.4. The fourth-order valence-corrected chi connectivity index (χ4v) is 5.31. The minimum absolute atomic E-state index is 0.0999. The molecule has 1 fully saturated rings. The van der Waals surface area contributed by atoms with Gasteiger partial charge in [0.05, 0.1) is 12.2 Å². The molecule has 1 amide bonds. The molecule has 1 aliphatic carbocycles. The van der Waals surface area contributed by atoms with E-state index < -0.39 is 17.6 Å². The first-order valence-corrected chi connectivity index (χ1v) is 13.4. The maximum Gasteiger partial charge on any atom is 0.416 e. The molecule has 0 spiro atoms. The average molecular weight is 550 g/mol. The van der Waals surface area contributed by atoms with Crippen molar-refractivity contribution in [1.82, 2.24) is 9.38 Å². The van der Waals surface area contributed by atoms with E-state index in [2.05, 4.69) is 34.6 Å². The van der Waals surface area contributed by atoms with E-state index in [-0.39, 0.29) is 17.4 Å². The third-order valence-electron chi connectivity index (χ3n) is 7.48. The number of aromatic nitrogens is 2. The lowest BCUT2D eigenvalue weighted by molar-refractivity contribution is -0.144. The lowest BCUT2D eigenvalue weighted by atomic mass is 9.77. The second kappa shape index (κ2) is 11.5. The average Bonchev–Trinajstić information content (AvgIpc) is 3.37. The first-order chi connectivity index (χ1) is 19.2. The Morgan fingerprint density at radius 1 is 0.925 bits per heavy atom. The first-order valence-electron chi connectivity index (χ1n) is 13.4. The van der Waals surface area contributed by atoms with Gasteiger partial charge in [-0.05, 0) is 97.5 Å². The van der Waals surface area contributed by atoms with Crippen LogP contribution < -0.4 is 5.32 Å². The molecule has 0 unspecified atom stereocenters. The van der Waals surface area contributed by atoms with Gasteiger partial charge in [-0.25, -0.2) is 4.98 Å². The summed E-state index contributed by atoms with van der Waals surface area (Å²) in [6.45, 7) is 2.26. The fourth-order valence-electron chi connectivity index (χ4n) is 5.31. The number of fused-ring (bicyclic) bond motifs is 1. The van der Waals surface area contributed by atoms with Crippen LogP contribution in [0.3, 0.4) is 0 Å². The number of halogens is 3. The van der Waals surface area contributed by atoms with Crippen molar-refractivity contribution in [1.29, 1.82) is 0 Å². The van der Waals surface area contributed by atoms with Gasteiger partial charge < -0.3 is 14.5 Å². The van der Waals surface area contributed by atoms with Gasteiger partial charge in [0.2, 0.25) is 0 Å². The van der Waals surface area contributed by atoms with E-state index >= 15 is 0 Å². The van der Waals surface area contributed by atoms with Gasteiger partial charge in [0.1, 0.15) is 11.3 Å². The number of hydrogen-bond acceptors (Lipinski definition) is 4. The zero-order chi connectivity index (χ0) is 28.3.